The molecule has 1 aliphatic heterocycles. The SMILES string of the molecule is CC(C)(C)OC(=O)N1CC(NCCNC(=O)OCc2ccccc2)C1. The Bertz CT molecular complexity index is 565. The molecule has 138 valence electrons. The van der Waals surface area contributed by atoms with Crippen LogP contribution >= 0.6 is 0 Å². The van der Waals surface area contributed by atoms with Gasteiger partial charge in [-0.1, -0.05) is 30.3 Å². The van der Waals surface area contributed by atoms with E-state index in [4.69, 9.17) is 9.47 Å². The lowest BCUT2D eigenvalue weighted by Gasteiger charge is -2.40. The highest BCUT2D eigenvalue weighted by Crippen LogP contribution is 2.14. The minimum atomic E-state index is -0.473. The zero-order valence-corrected chi connectivity index (χ0v) is 15.1. The fourth-order valence-corrected chi connectivity index (χ4v) is 2.30. The first-order valence-electron chi connectivity index (χ1n) is 8.49. The minimum absolute atomic E-state index is 0.231. The molecule has 1 heterocycles. The number of likely N-dealkylation sites (tertiary alicyclic amines) is 1. The molecule has 0 atom stereocenters. The number of hydrogen-bond donors (Lipinski definition) is 2. The average Bonchev–Trinajstić information content (AvgIpc) is 2.50. The molecular formula is C18H27N3O4. The van der Waals surface area contributed by atoms with Gasteiger partial charge in [0, 0.05) is 32.2 Å². The van der Waals surface area contributed by atoms with Crippen LogP contribution in [0.4, 0.5) is 9.59 Å². The van der Waals surface area contributed by atoms with Gasteiger partial charge in [-0.15, -0.1) is 0 Å². The predicted molar refractivity (Wildman–Crippen MR) is 94.2 cm³/mol. The highest BCUT2D eigenvalue weighted by Gasteiger charge is 2.33. The number of carbonyl (C=O) groups is 2. The summed E-state index contributed by atoms with van der Waals surface area (Å²) < 4.78 is 10.4. The van der Waals surface area contributed by atoms with E-state index >= 15 is 0 Å². The number of ether oxygens (including phenoxy) is 2. The molecule has 1 saturated heterocycles. The van der Waals surface area contributed by atoms with Gasteiger partial charge in [-0.25, -0.2) is 9.59 Å². The number of nitrogens with one attached hydrogen (secondary N) is 2. The standard InChI is InChI=1S/C18H27N3O4/c1-18(2,3)25-17(23)21-11-15(12-21)19-9-10-20-16(22)24-13-14-7-5-4-6-8-14/h4-8,15,19H,9-13H2,1-3H3,(H,20,22). The van der Waals surface area contributed by atoms with Crippen LogP contribution in [0.25, 0.3) is 0 Å². The van der Waals surface area contributed by atoms with Crippen LogP contribution in [0.2, 0.25) is 0 Å². The summed E-state index contributed by atoms with van der Waals surface area (Å²) in [7, 11) is 0. The van der Waals surface area contributed by atoms with Crippen molar-refractivity contribution in [3.8, 4) is 0 Å². The Hall–Kier alpha value is -2.28. The van der Waals surface area contributed by atoms with Crippen molar-refractivity contribution in [3.05, 3.63) is 35.9 Å². The summed E-state index contributed by atoms with van der Waals surface area (Å²) in [6.45, 7) is 8.13. The van der Waals surface area contributed by atoms with Crippen molar-refractivity contribution in [3.63, 3.8) is 0 Å². The maximum absolute atomic E-state index is 11.8. The van der Waals surface area contributed by atoms with Gasteiger partial charge in [0.15, 0.2) is 0 Å². The van der Waals surface area contributed by atoms with Gasteiger partial charge in [0.1, 0.15) is 12.2 Å². The third-order valence-corrected chi connectivity index (χ3v) is 3.57. The Balaban J connectivity index is 1.50. The number of benzene rings is 1. The van der Waals surface area contributed by atoms with Crippen molar-refractivity contribution in [1.29, 1.82) is 0 Å². The van der Waals surface area contributed by atoms with Gasteiger partial charge in [-0.05, 0) is 26.3 Å². The quantitative estimate of drug-likeness (QED) is 0.769. The van der Waals surface area contributed by atoms with E-state index in [9.17, 15) is 9.59 Å². The number of amides is 2. The molecule has 2 rings (SSSR count). The third kappa shape index (κ3) is 7.01. The monoisotopic (exact) mass is 349 g/mol. The molecule has 7 nitrogen and oxygen atoms in total. The largest absolute Gasteiger partial charge is 0.445 e. The molecule has 1 aromatic carbocycles. The minimum Gasteiger partial charge on any atom is -0.445 e. The molecule has 1 fully saturated rings. The van der Waals surface area contributed by atoms with E-state index in [1.54, 1.807) is 4.90 Å². The molecule has 7 heteroatoms. The molecule has 25 heavy (non-hydrogen) atoms. The van der Waals surface area contributed by atoms with E-state index < -0.39 is 11.7 Å². The molecule has 0 unspecified atom stereocenters. The Morgan fingerprint density at radius 1 is 1.16 bits per heavy atom. The van der Waals surface area contributed by atoms with Gasteiger partial charge in [-0.2, -0.15) is 0 Å². The summed E-state index contributed by atoms with van der Waals surface area (Å²) in [5.74, 6) is 0. The van der Waals surface area contributed by atoms with Crippen LogP contribution in [0.15, 0.2) is 30.3 Å². The van der Waals surface area contributed by atoms with Crippen LogP contribution in [0, 0.1) is 0 Å². The van der Waals surface area contributed by atoms with Crippen LogP contribution in [0.5, 0.6) is 0 Å². The first-order chi connectivity index (χ1) is 11.8. The molecule has 1 aliphatic rings. The normalized spacial score (nSPS) is 14.6. The lowest BCUT2D eigenvalue weighted by Crippen LogP contribution is -2.61. The lowest BCUT2D eigenvalue weighted by atomic mass is 10.1. The molecule has 0 saturated carbocycles. The van der Waals surface area contributed by atoms with Gasteiger partial charge >= 0.3 is 12.2 Å². The van der Waals surface area contributed by atoms with E-state index in [1.807, 2.05) is 51.1 Å². The molecule has 2 amide bonds. The van der Waals surface area contributed by atoms with Gasteiger partial charge < -0.3 is 25.0 Å². The average molecular weight is 349 g/mol. The maximum Gasteiger partial charge on any atom is 0.410 e. The summed E-state index contributed by atoms with van der Waals surface area (Å²) in [6, 6.07) is 9.76. The summed E-state index contributed by atoms with van der Waals surface area (Å²) >= 11 is 0. The smallest absolute Gasteiger partial charge is 0.410 e. The molecule has 0 aromatic heterocycles. The van der Waals surface area contributed by atoms with E-state index in [1.165, 1.54) is 0 Å². The summed E-state index contributed by atoms with van der Waals surface area (Å²) in [4.78, 5) is 25.0. The highest BCUT2D eigenvalue weighted by molar-refractivity contribution is 5.69. The fraction of sp³-hybridized carbons (Fsp3) is 0.556. The zero-order chi connectivity index (χ0) is 18.3. The van der Waals surface area contributed by atoms with Crippen LogP contribution in [0.3, 0.4) is 0 Å². The molecular weight excluding hydrogens is 322 g/mol. The van der Waals surface area contributed by atoms with Crippen LogP contribution in [-0.4, -0.2) is 54.9 Å². The topological polar surface area (TPSA) is 79.9 Å². The predicted octanol–water partition coefficient (Wildman–Crippen LogP) is 2.12. The summed E-state index contributed by atoms with van der Waals surface area (Å²) in [5.41, 5.74) is 0.479. The maximum atomic E-state index is 11.8. The Kier molecular flexibility index (Phi) is 6.64. The molecule has 2 N–H and O–H groups in total. The van der Waals surface area contributed by atoms with Crippen molar-refractivity contribution in [2.24, 2.45) is 0 Å². The van der Waals surface area contributed by atoms with E-state index in [2.05, 4.69) is 10.6 Å². The number of rotatable bonds is 6. The van der Waals surface area contributed by atoms with Crippen LogP contribution < -0.4 is 10.6 Å². The summed E-state index contributed by atoms with van der Waals surface area (Å²) in [6.07, 6.45) is -0.720. The second kappa shape index (κ2) is 8.71. The number of hydrogen-bond acceptors (Lipinski definition) is 5. The van der Waals surface area contributed by atoms with Crippen LogP contribution in [-0.2, 0) is 16.1 Å². The fourth-order valence-electron chi connectivity index (χ4n) is 2.30. The second-order valence-corrected chi connectivity index (χ2v) is 7.02. The first kappa shape index (κ1) is 19.1. The Morgan fingerprint density at radius 3 is 2.48 bits per heavy atom. The van der Waals surface area contributed by atoms with E-state index in [-0.39, 0.29) is 18.7 Å². The van der Waals surface area contributed by atoms with Crippen molar-refractivity contribution in [2.45, 2.75) is 39.0 Å². The van der Waals surface area contributed by atoms with Gasteiger partial charge in [0.2, 0.25) is 0 Å². The Labute approximate surface area is 148 Å². The first-order valence-corrected chi connectivity index (χ1v) is 8.49. The molecule has 0 bridgehead atoms. The van der Waals surface area contributed by atoms with Crippen molar-refractivity contribution in [1.82, 2.24) is 15.5 Å². The molecule has 0 radical (unpaired) electrons. The van der Waals surface area contributed by atoms with Crippen molar-refractivity contribution < 1.29 is 19.1 Å². The van der Waals surface area contributed by atoms with Gasteiger partial charge in [-0.3, -0.25) is 0 Å². The van der Waals surface area contributed by atoms with E-state index in [0.717, 1.165) is 5.56 Å². The van der Waals surface area contributed by atoms with Gasteiger partial charge in [0.05, 0.1) is 0 Å². The van der Waals surface area contributed by atoms with Crippen LogP contribution in [0.1, 0.15) is 26.3 Å². The lowest BCUT2D eigenvalue weighted by molar-refractivity contribution is 0.00545. The summed E-state index contributed by atoms with van der Waals surface area (Å²) in [5, 5.41) is 5.97. The second-order valence-electron chi connectivity index (χ2n) is 7.02. The number of carbonyl (C=O) groups excluding carboxylic acids is 2. The van der Waals surface area contributed by atoms with Crippen molar-refractivity contribution in [2.75, 3.05) is 26.2 Å². The van der Waals surface area contributed by atoms with Gasteiger partial charge in [0.25, 0.3) is 0 Å². The Morgan fingerprint density at radius 2 is 1.84 bits per heavy atom. The number of alkyl carbamates (subject to hydrolysis) is 1. The zero-order valence-electron chi connectivity index (χ0n) is 15.1. The molecule has 1 aromatic rings. The van der Waals surface area contributed by atoms with Crippen molar-refractivity contribution >= 4 is 12.2 Å². The highest BCUT2D eigenvalue weighted by atomic mass is 16.6. The number of nitrogens with zero attached hydrogens (tertiary/aromatic N) is 1. The molecule has 0 spiro atoms. The molecule has 0 aliphatic carbocycles. The third-order valence-electron chi connectivity index (χ3n) is 3.57. The van der Waals surface area contributed by atoms with E-state index in [0.29, 0.717) is 26.2 Å².